The quantitative estimate of drug-likeness (QED) is 0.234. The third-order valence-corrected chi connectivity index (χ3v) is 8.35. The molecule has 0 unspecified atom stereocenters. The number of amides is 1. The van der Waals surface area contributed by atoms with E-state index < -0.39 is 10.1 Å². The van der Waals surface area contributed by atoms with Crippen molar-refractivity contribution < 1.29 is 17.4 Å². The van der Waals surface area contributed by atoms with E-state index in [0.29, 0.717) is 17.0 Å². The van der Waals surface area contributed by atoms with Crippen LogP contribution in [0.1, 0.15) is 42.9 Å². The summed E-state index contributed by atoms with van der Waals surface area (Å²) < 4.78 is 32.1. The third-order valence-electron chi connectivity index (χ3n) is 5.52. The highest BCUT2D eigenvalue weighted by molar-refractivity contribution is 7.87. The summed E-state index contributed by atoms with van der Waals surface area (Å²) in [7, 11) is -4.22. The van der Waals surface area contributed by atoms with Crippen LogP contribution in [-0.4, -0.2) is 38.9 Å². The van der Waals surface area contributed by atoms with Crippen LogP contribution < -0.4 is 9.08 Å². The summed E-state index contributed by atoms with van der Waals surface area (Å²) in [6.07, 6.45) is 0. The van der Waals surface area contributed by atoms with Gasteiger partial charge in [-0.25, -0.2) is 0 Å². The molecule has 194 valence electrons. The van der Waals surface area contributed by atoms with Crippen molar-refractivity contribution in [3.05, 3.63) is 74.4 Å². The number of hydrogen-bond donors (Lipinski definition) is 0. The maximum atomic E-state index is 13.2. The zero-order valence-electron chi connectivity index (χ0n) is 20.7. The van der Waals surface area contributed by atoms with Crippen LogP contribution in [0.5, 0.6) is 5.75 Å². The molecular weight excluding hydrogens is 539 g/mol. The Bertz CT molecular complexity index is 1290. The second-order valence-electron chi connectivity index (χ2n) is 8.63. The first-order valence-corrected chi connectivity index (χ1v) is 14.7. The predicted molar refractivity (Wildman–Crippen MR) is 148 cm³/mol. The van der Waals surface area contributed by atoms with Crippen LogP contribution in [0, 0.1) is 5.92 Å². The van der Waals surface area contributed by atoms with Crippen molar-refractivity contribution in [2.75, 3.05) is 24.5 Å². The molecule has 2 aromatic carbocycles. The lowest BCUT2D eigenvalue weighted by atomic mass is 10.1. The van der Waals surface area contributed by atoms with E-state index in [1.54, 1.807) is 17.0 Å². The summed E-state index contributed by atoms with van der Waals surface area (Å²) in [5.41, 5.74) is 1.41. The van der Waals surface area contributed by atoms with Gasteiger partial charge in [-0.1, -0.05) is 49.2 Å². The molecule has 1 heterocycles. The van der Waals surface area contributed by atoms with Gasteiger partial charge >= 0.3 is 10.1 Å². The van der Waals surface area contributed by atoms with Crippen LogP contribution in [0.4, 0.5) is 5.69 Å². The fraction of sp³-hybridized carbons (Fsp3) is 0.346. The normalized spacial score (nSPS) is 11.5. The Hall–Kier alpha value is -2.26. The Morgan fingerprint density at radius 2 is 1.75 bits per heavy atom. The van der Waals surface area contributed by atoms with Crippen molar-refractivity contribution in [2.24, 2.45) is 5.92 Å². The van der Waals surface area contributed by atoms with Gasteiger partial charge in [-0.05, 0) is 55.5 Å². The molecule has 0 bridgehead atoms. The number of hydrogen-bond acceptors (Lipinski definition) is 6. The van der Waals surface area contributed by atoms with Gasteiger partial charge < -0.3 is 14.0 Å². The molecule has 1 aromatic heterocycles. The second-order valence-corrected chi connectivity index (χ2v) is 11.9. The molecule has 0 saturated heterocycles. The van der Waals surface area contributed by atoms with Crippen molar-refractivity contribution in [3.8, 4) is 5.75 Å². The number of nitrogens with zero attached hydrogens (tertiary/aromatic N) is 2. The number of carbonyl (C=O) groups is 1. The zero-order valence-corrected chi connectivity index (χ0v) is 23.8. The van der Waals surface area contributed by atoms with Crippen molar-refractivity contribution in [3.63, 3.8) is 0 Å². The van der Waals surface area contributed by atoms with Crippen LogP contribution in [0.2, 0.25) is 10.0 Å². The minimum atomic E-state index is -4.22. The monoisotopic (exact) mass is 568 g/mol. The lowest BCUT2D eigenvalue weighted by Crippen LogP contribution is -2.33. The molecule has 0 atom stereocenters. The van der Waals surface area contributed by atoms with Crippen LogP contribution in [0.3, 0.4) is 0 Å². The van der Waals surface area contributed by atoms with Crippen molar-refractivity contribution >= 4 is 56.3 Å². The van der Waals surface area contributed by atoms with Gasteiger partial charge in [0.25, 0.3) is 5.91 Å². The van der Waals surface area contributed by atoms with Gasteiger partial charge in [0.1, 0.15) is 10.6 Å². The molecule has 0 spiro atoms. The van der Waals surface area contributed by atoms with Crippen molar-refractivity contribution in [1.82, 2.24) is 4.90 Å². The fourth-order valence-corrected chi connectivity index (χ4v) is 5.80. The van der Waals surface area contributed by atoms with E-state index in [1.807, 2.05) is 51.3 Å². The SMILES string of the molecule is CCN(CC)c1ccc(CN(CC(C)C)C(=O)c2cccs2)c(OS(=O)(=O)c2ccc(Cl)c(Cl)c2)c1. The lowest BCUT2D eigenvalue weighted by molar-refractivity contribution is 0.0727. The highest BCUT2D eigenvalue weighted by Crippen LogP contribution is 2.32. The molecule has 0 saturated carbocycles. The first-order valence-electron chi connectivity index (χ1n) is 11.7. The smallest absolute Gasteiger partial charge is 0.339 e. The molecule has 3 rings (SSSR count). The summed E-state index contributed by atoms with van der Waals surface area (Å²) >= 11 is 13.4. The van der Waals surface area contributed by atoms with Gasteiger partial charge in [0.2, 0.25) is 0 Å². The molecule has 6 nitrogen and oxygen atoms in total. The molecule has 10 heteroatoms. The summed E-state index contributed by atoms with van der Waals surface area (Å²) in [6, 6.07) is 13.1. The van der Waals surface area contributed by atoms with E-state index in [1.165, 1.54) is 29.5 Å². The first kappa shape index (κ1) is 28.3. The van der Waals surface area contributed by atoms with E-state index in [-0.39, 0.29) is 39.1 Å². The lowest BCUT2D eigenvalue weighted by Gasteiger charge is -2.27. The molecule has 1 amide bonds. The van der Waals surface area contributed by atoms with Gasteiger partial charge in [-0.15, -0.1) is 11.3 Å². The van der Waals surface area contributed by atoms with Crippen molar-refractivity contribution in [1.29, 1.82) is 0 Å². The minimum absolute atomic E-state index is 0.107. The Balaban J connectivity index is 2.03. The molecule has 0 aliphatic rings. The van der Waals surface area contributed by atoms with E-state index in [9.17, 15) is 13.2 Å². The minimum Gasteiger partial charge on any atom is -0.379 e. The molecule has 0 radical (unpaired) electrons. The Morgan fingerprint density at radius 1 is 1.03 bits per heavy atom. The van der Waals surface area contributed by atoms with Gasteiger partial charge in [0.05, 0.1) is 14.9 Å². The molecular formula is C26H30Cl2N2O4S2. The van der Waals surface area contributed by atoms with Crippen molar-refractivity contribution in [2.45, 2.75) is 39.1 Å². The number of benzene rings is 2. The Morgan fingerprint density at radius 3 is 2.33 bits per heavy atom. The van der Waals surface area contributed by atoms with E-state index in [4.69, 9.17) is 27.4 Å². The number of thiophene rings is 1. The molecule has 36 heavy (non-hydrogen) atoms. The molecule has 0 fully saturated rings. The fourth-order valence-electron chi connectivity index (χ4n) is 3.76. The number of anilines is 1. The Labute approximate surface area is 227 Å². The second kappa shape index (κ2) is 12.3. The summed E-state index contributed by atoms with van der Waals surface area (Å²) in [5.74, 6) is 0.274. The number of rotatable bonds is 11. The maximum Gasteiger partial charge on any atom is 0.339 e. The summed E-state index contributed by atoms with van der Waals surface area (Å²) in [6.45, 7) is 10.3. The summed E-state index contributed by atoms with van der Waals surface area (Å²) in [4.78, 5) is 17.6. The van der Waals surface area contributed by atoms with Gasteiger partial charge in [-0.2, -0.15) is 8.42 Å². The molecule has 0 N–H and O–H groups in total. The number of halogens is 2. The highest BCUT2D eigenvalue weighted by atomic mass is 35.5. The van der Waals surface area contributed by atoms with E-state index in [2.05, 4.69) is 4.90 Å². The largest absolute Gasteiger partial charge is 0.379 e. The van der Waals surface area contributed by atoms with Crippen LogP contribution >= 0.6 is 34.5 Å². The Kier molecular flexibility index (Phi) is 9.69. The van der Waals surface area contributed by atoms with Crippen LogP contribution in [0.25, 0.3) is 0 Å². The summed E-state index contributed by atoms with van der Waals surface area (Å²) in [5, 5.41) is 2.22. The van der Waals surface area contributed by atoms with E-state index >= 15 is 0 Å². The maximum absolute atomic E-state index is 13.2. The van der Waals surface area contributed by atoms with E-state index in [0.717, 1.165) is 18.8 Å². The topological polar surface area (TPSA) is 66.9 Å². The average Bonchev–Trinajstić information content (AvgIpc) is 3.36. The van der Waals surface area contributed by atoms with Gasteiger partial charge in [0, 0.05) is 43.5 Å². The van der Waals surface area contributed by atoms with Crippen LogP contribution in [0.15, 0.2) is 58.8 Å². The third kappa shape index (κ3) is 6.94. The van der Waals surface area contributed by atoms with Gasteiger partial charge in [0.15, 0.2) is 0 Å². The average molecular weight is 570 g/mol. The molecule has 0 aliphatic carbocycles. The van der Waals surface area contributed by atoms with Gasteiger partial charge in [-0.3, -0.25) is 4.79 Å². The first-order chi connectivity index (χ1) is 17.1. The van der Waals surface area contributed by atoms with Crippen LogP contribution in [-0.2, 0) is 16.7 Å². The standard InChI is InChI=1S/C26H30Cl2N2O4S2/c1-5-29(6-2)20-10-9-19(17-30(16-18(3)4)26(31)25-8-7-13-35-25)24(14-20)34-36(32,33)21-11-12-22(27)23(28)15-21/h7-15,18H,5-6,16-17H2,1-4H3. The molecule has 3 aromatic rings. The number of carbonyl (C=O) groups excluding carboxylic acids is 1. The highest BCUT2D eigenvalue weighted by Gasteiger charge is 2.24. The molecule has 0 aliphatic heterocycles. The zero-order chi connectivity index (χ0) is 26.5. The predicted octanol–water partition coefficient (Wildman–Crippen LogP) is 6.97.